The highest BCUT2D eigenvalue weighted by Gasteiger charge is 2.21. The Bertz CT molecular complexity index is 330. The Morgan fingerprint density at radius 3 is 0.870 bits per heavy atom. The number of rotatable bonds is 0. The van der Waals surface area contributed by atoms with Crippen LogP contribution in [0.3, 0.4) is 0 Å². The minimum Gasteiger partial charge on any atom is -0.418 e. The van der Waals surface area contributed by atoms with Crippen molar-refractivity contribution in [1.29, 1.82) is 0 Å². The molecule has 1 rings (SSSR count). The number of halogens is 13. The molecule has 0 aliphatic rings. The van der Waals surface area contributed by atoms with Crippen LogP contribution < -0.4 is 0 Å². The first kappa shape index (κ1) is 26.9. The molecule has 0 nitrogen and oxygen atoms in total. The summed E-state index contributed by atoms with van der Waals surface area (Å²) in [6, 6.07) is 8.22. The molecule has 1 aromatic rings. The lowest BCUT2D eigenvalue weighted by molar-refractivity contribution is 0.366. The highest BCUT2D eigenvalue weighted by molar-refractivity contribution is 9.10. The molecular weight excluding hydrogens is 424 g/mol. The van der Waals surface area contributed by atoms with E-state index in [4.69, 9.17) is 0 Å². The lowest BCUT2D eigenvalue weighted by Gasteiger charge is -1.94. The van der Waals surface area contributed by atoms with Crippen LogP contribution in [0.4, 0.5) is 51.8 Å². The second kappa shape index (κ2) is 11.6. The largest absolute Gasteiger partial charge is 0.673 e. The van der Waals surface area contributed by atoms with Gasteiger partial charge < -0.3 is 51.8 Å². The Labute approximate surface area is 131 Å². The second-order valence-corrected chi connectivity index (χ2v) is 4.20. The maximum Gasteiger partial charge on any atom is 0.673 e. The number of benzene rings is 1. The highest BCUT2D eigenvalue weighted by atomic mass is 79.9. The number of hydrogen-bond acceptors (Lipinski definition) is 0. The van der Waals surface area contributed by atoms with E-state index in [-0.39, 0.29) is 0 Å². The fraction of sp³-hybridized carbons (Fsp3) is 0.143. The van der Waals surface area contributed by atoms with E-state index >= 15 is 0 Å². The van der Waals surface area contributed by atoms with Crippen molar-refractivity contribution < 1.29 is 51.8 Å². The molecule has 0 N–H and O–H groups in total. The van der Waals surface area contributed by atoms with Crippen molar-refractivity contribution in [2.24, 2.45) is 0 Å². The Morgan fingerprint density at radius 2 is 0.739 bits per heavy atom. The Balaban J connectivity index is -0.000000240. The Kier molecular flexibility index (Phi) is 13.5. The van der Waals surface area contributed by atoms with Gasteiger partial charge in [-0.25, -0.2) is 0 Å². The molecule has 23 heavy (non-hydrogen) atoms. The van der Waals surface area contributed by atoms with Crippen molar-refractivity contribution in [3.05, 3.63) is 34.3 Å². The third-order valence-electron chi connectivity index (χ3n) is 1.01. The van der Waals surface area contributed by atoms with Crippen LogP contribution in [0.15, 0.2) is 28.7 Å². The number of aryl methyl sites for hydroxylation is 1. The zero-order valence-electron chi connectivity index (χ0n) is 11.0. The first-order valence-electron chi connectivity index (χ1n) is 5.13. The minimum absolute atomic E-state index is 1.14. The molecule has 0 bridgehead atoms. The summed E-state index contributed by atoms with van der Waals surface area (Å²) in [7, 11) is -18.0. The normalized spacial score (nSPS) is 11.0. The molecule has 16 heteroatoms. The maximum atomic E-state index is 9.75. The minimum atomic E-state index is -6.00. The van der Waals surface area contributed by atoms with Crippen LogP contribution in [0.1, 0.15) is 5.56 Å². The quantitative estimate of drug-likeness (QED) is 0.318. The summed E-state index contributed by atoms with van der Waals surface area (Å²) in [4.78, 5) is 0. The summed E-state index contributed by atoms with van der Waals surface area (Å²) in [5.74, 6) is 0. The van der Waals surface area contributed by atoms with Gasteiger partial charge in [0.05, 0.1) is 0 Å². The van der Waals surface area contributed by atoms with E-state index in [9.17, 15) is 51.8 Å². The predicted molar refractivity (Wildman–Crippen MR) is 69.4 cm³/mol. The van der Waals surface area contributed by atoms with Gasteiger partial charge in [0.15, 0.2) is 0 Å². The van der Waals surface area contributed by atoms with E-state index in [1.54, 1.807) is 0 Å². The second-order valence-electron chi connectivity index (χ2n) is 3.28. The van der Waals surface area contributed by atoms with Gasteiger partial charge in [0.25, 0.3) is 0 Å². The van der Waals surface area contributed by atoms with Crippen molar-refractivity contribution >= 4 is 37.7 Å². The molecule has 0 amide bonds. The van der Waals surface area contributed by atoms with Crippen LogP contribution in [-0.4, -0.2) is 21.8 Å². The van der Waals surface area contributed by atoms with Crippen LogP contribution in [0.5, 0.6) is 0 Å². The van der Waals surface area contributed by atoms with Crippen molar-refractivity contribution in [3.8, 4) is 0 Å². The highest BCUT2D eigenvalue weighted by Crippen LogP contribution is 2.09. The molecule has 0 radical (unpaired) electrons. The van der Waals surface area contributed by atoms with E-state index in [0.717, 1.165) is 4.47 Å². The van der Waals surface area contributed by atoms with Crippen LogP contribution in [0, 0.1) is 6.92 Å². The molecule has 0 heterocycles. The molecule has 0 saturated heterocycles. The van der Waals surface area contributed by atoms with Gasteiger partial charge in [-0.05, 0) is 19.1 Å². The van der Waals surface area contributed by atoms with Crippen LogP contribution >= 0.6 is 15.9 Å². The average molecular weight is 431 g/mol. The van der Waals surface area contributed by atoms with Gasteiger partial charge in [-0.2, -0.15) is 0 Å². The smallest absolute Gasteiger partial charge is 0.418 e. The summed E-state index contributed by atoms with van der Waals surface area (Å²) in [5.41, 5.74) is 1.30. The molecular formula is C7H7B3BrF12-3. The first-order valence-corrected chi connectivity index (χ1v) is 5.92. The summed E-state index contributed by atoms with van der Waals surface area (Å²) in [6.45, 7) is 2.08. The lowest BCUT2D eigenvalue weighted by Crippen LogP contribution is -2.02. The van der Waals surface area contributed by atoms with Crippen molar-refractivity contribution in [2.45, 2.75) is 6.92 Å². The van der Waals surface area contributed by atoms with Gasteiger partial charge in [-0.15, -0.1) is 0 Å². The predicted octanol–water partition coefficient (Wildman–Crippen LogP) is 6.66. The molecule has 0 aliphatic carbocycles. The van der Waals surface area contributed by atoms with E-state index in [1.165, 1.54) is 5.56 Å². The van der Waals surface area contributed by atoms with E-state index in [0.29, 0.717) is 0 Å². The molecule has 138 valence electrons. The summed E-state index contributed by atoms with van der Waals surface area (Å²) in [6.07, 6.45) is 0. The third kappa shape index (κ3) is 93.2. The zero-order chi connectivity index (χ0) is 19.5. The number of hydrogen-bond donors (Lipinski definition) is 0. The van der Waals surface area contributed by atoms with Gasteiger partial charge in [-0.3, -0.25) is 0 Å². The molecule has 1 aromatic carbocycles. The van der Waals surface area contributed by atoms with Gasteiger partial charge in [0.1, 0.15) is 0 Å². The van der Waals surface area contributed by atoms with E-state index in [2.05, 4.69) is 35.0 Å². The molecule has 0 aliphatic heterocycles. The average Bonchev–Trinajstić information content (AvgIpc) is 2.14. The van der Waals surface area contributed by atoms with Crippen molar-refractivity contribution in [3.63, 3.8) is 0 Å². The molecule has 0 spiro atoms. The molecule has 0 fully saturated rings. The standard InChI is InChI=1S/C7H7Br.3BF4/c1-6-2-4-7(8)5-3-6;3*2-1(3,4)5/h2-5H,1H3;;;/q;3*-1. The van der Waals surface area contributed by atoms with E-state index < -0.39 is 21.8 Å². The summed E-state index contributed by atoms with van der Waals surface area (Å²) >= 11 is 3.35. The third-order valence-corrected chi connectivity index (χ3v) is 1.54. The van der Waals surface area contributed by atoms with Crippen LogP contribution in [0.2, 0.25) is 0 Å². The van der Waals surface area contributed by atoms with Crippen molar-refractivity contribution in [2.75, 3.05) is 0 Å². The van der Waals surface area contributed by atoms with Gasteiger partial charge in [0.2, 0.25) is 0 Å². The van der Waals surface area contributed by atoms with Gasteiger partial charge >= 0.3 is 21.8 Å². The first-order chi connectivity index (χ1) is 9.79. The topological polar surface area (TPSA) is 0 Å². The monoisotopic (exact) mass is 431 g/mol. The molecule has 0 unspecified atom stereocenters. The molecule has 0 saturated carbocycles. The maximum absolute atomic E-state index is 9.75. The fourth-order valence-corrected chi connectivity index (χ4v) is 0.798. The van der Waals surface area contributed by atoms with Crippen LogP contribution in [-0.2, 0) is 0 Å². The summed E-state index contributed by atoms with van der Waals surface area (Å²) < 4.78 is 118. The Morgan fingerprint density at radius 1 is 0.565 bits per heavy atom. The van der Waals surface area contributed by atoms with E-state index in [1.807, 2.05) is 12.1 Å². The van der Waals surface area contributed by atoms with Crippen LogP contribution in [0.25, 0.3) is 0 Å². The SMILES string of the molecule is Cc1ccc(Br)cc1.F[B-](F)(F)F.F[B-](F)(F)F.F[B-](F)(F)F. The zero-order valence-corrected chi connectivity index (χ0v) is 12.5. The van der Waals surface area contributed by atoms with Gasteiger partial charge in [0, 0.05) is 4.47 Å². The molecule has 0 atom stereocenters. The van der Waals surface area contributed by atoms with Crippen molar-refractivity contribution in [1.82, 2.24) is 0 Å². The summed E-state index contributed by atoms with van der Waals surface area (Å²) in [5, 5.41) is 0. The molecule has 0 aromatic heterocycles. The van der Waals surface area contributed by atoms with Gasteiger partial charge in [-0.1, -0.05) is 33.6 Å². The lowest BCUT2D eigenvalue weighted by atomic mass is 10.2. The fourth-order valence-electron chi connectivity index (χ4n) is 0.533. The Hall–Kier alpha value is -0.945.